The van der Waals surface area contributed by atoms with Crippen molar-refractivity contribution in [2.45, 2.75) is 33.1 Å². The van der Waals surface area contributed by atoms with Crippen LogP contribution in [0.25, 0.3) is 0 Å². The van der Waals surface area contributed by atoms with Gasteiger partial charge in [0.25, 0.3) is 0 Å². The van der Waals surface area contributed by atoms with Crippen LogP contribution < -0.4 is 0 Å². The molecule has 0 spiro atoms. The summed E-state index contributed by atoms with van der Waals surface area (Å²) >= 11 is 0. The van der Waals surface area contributed by atoms with E-state index in [4.69, 9.17) is 0 Å². The SMILES string of the molecule is C=C1N(C)CC=C2C(C)(C)C(=O)CCC12Cc1ccccc1. The minimum atomic E-state index is -0.378. The summed E-state index contributed by atoms with van der Waals surface area (Å²) in [7, 11) is 2.10. The third kappa shape index (κ3) is 2.13. The average molecular weight is 295 g/mol. The Bertz CT molecular complexity index is 641. The van der Waals surface area contributed by atoms with Crippen molar-refractivity contribution in [2.24, 2.45) is 10.8 Å². The molecule has 116 valence electrons. The first kappa shape index (κ1) is 15.1. The molecule has 22 heavy (non-hydrogen) atoms. The quantitative estimate of drug-likeness (QED) is 0.769. The van der Waals surface area contributed by atoms with E-state index in [0.717, 1.165) is 25.1 Å². The Morgan fingerprint density at radius 2 is 1.91 bits per heavy atom. The minimum absolute atomic E-state index is 0.105. The molecule has 0 aromatic heterocycles. The Balaban J connectivity index is 2.10. The number of carbonyl (C=O) groups is 1. The Morgan fingerprint density at radius 3 is 2.59 bits per heavy atom. The van der Waals surface area contributed by atoms with E-state index in [1.807, 2.05) is 6.07 Å². The van der Waals surface area contributed by atoms with Gasteiger partial charge in [-0.05, 0) is 37.8 Å². The molecular weight excluding hydrogens is 270 g/mol. The maximum Gasteiger partial charge on any atom is 0.142 e. The molecule has 0 amide bonds. The number of benzene rings is 1. The summed E-state index contributed by atoms with van der Waals surface area (Å²) in [6.45, 7) is 9.42. The van der Waals surface area contributed by atoms with Crippen molar-refractivity contribution in [3.05, 3.63) is 59.8 Å². The zero-order valence-corrected chi connectivity index (χ0v) is 13.9. The van der Waals surface area contributed by atoms with Gasteiger partial charge in [-0.1, -0.05) is 43.0 Å². The highest BCUT2D eigenvalue weighted by atomic mass is 16.1. The molecule has 2 nitrogen and oxygen atoms in total. The van der Waals surface area contributed by atoms with Crippen LogP contribution in [0.15, 0.2) is 54.3 Å². The summed E-state index contributed by atoms with van der Waals surface area (Å²) in [6.07, 6.45) is 4.72. The smallest absolute Gasteiger partial charge is 0.142 e. The number of carbonyl (C=O) groups excluding carboxylic acids is 1. The maximum absolute atomic E-state index is 12.5. The summed E-state index contributed by atoms with van der Waals surface area (Å²) in [5.74, 6) is 0.361. The number of likely N-dealkylation sites (N-methyl/N-ethyl adjacent to an activating group) is 1. The van der Waals surface area contributed by atoms with Crippen LogP contribution in [-0.2, 0) is 11.2 Å². The first-order valence-electron chi connectivity index (χ1n) is 8.07. The van der Waals surface area contributed by atoms with E-state index in [9.17, 15) is 4.79 Å². The molecule has 0 bridgehead atoms. The second-order valence-electron chi connectivity index (χ2n) is 7.24. The van der Waals surface area contributed by atoms with Crippen molar-refractivity contribution >= 4 is 5.78 Å². The molecule has 1 atom stereocenters. The van der Waals surface area contributed by atoms with Gasteiger partial charge < -0.3 is 4.90 Å². The van der Waals surface area contributed by atoms with Gasteiger partial charge in [-0.2, -0.15) is 0 Å². The van der Waals surface area contributed by atoms with E-state index < -0.39 is 0 Å². The zero-order chi connectivity index (χ0) is 16.0. The number of ketones is 1. The Morgan fingerprint density at radius 1 is 1.23 bits per heavy atom. The highest BCUT2D eigenvalue weighted by Crippen LogP contribution is 2.56. The third-order valence-electron chi connectivity index (χ3n) is 5.60. The number of hydrogen-bond donors (Lipinski definition) is 0. The van der Waals surface area contributed by atoms with E-state index >= 15 is 0 Å². The van der Waals surface area contributed by atoms with E-state index in [0.29, 0.717) is 12.2 Å². The number of allylic oxidation sites excluding steroid dienone is 1. The topological polar surface area (TPSA) is 20.3 Å². The largest absolute Gasteiger partial charge is 0.374 e. The minimum Gasteiger partial charge on any atom is -0.374 e. The van der Waals surface area contributed by atoms with Gasteiger partial charge in [0.2, 0.25) is 0 Å². The molecule has 3 rings (SSSR count). The molecule has 1 saturated carbocycles. The van der Waals surface area contributed by atoms with Gasteiger partial charge in [0.1, 0.15) is 5.78 Å². The number of nitrogens with zero attached hydrogens (tertiary/aromatic N) is 1. The second-order valence-corrected chi connectivity index (χ2v) is 7.24. The molecular formula is C20H25NO. The van der Waals surface area contributed by atoms with Crippen molar-refractivity contribution in [2.75, 3.05) is 13.6 Å². The molecule has 0 saturated heterocycles. The molecule has 2 aliphatic rings. The van der Waals surface area contributed by atoms with Crippen LogP contribution in [0, 0.1) is 10.8 Å². The van der Waals surface area contributed by atoms with Gasteiger partial charge in [0, 0.05) is 36.5 Å². The predicted octanol–water partition coefficient (Wildman–Crippen LogP) is 3.99. The number of fused-ring (bicyclic) bond motifs is 1. The first-order valence-corrected chi connectivity index (χ1v) is 8.07. The van der Waals surface area contributed by atoms with Gasteiger partial charge in [-0.15, -0.1) is 0 Å². The van der Waals surface area contributed by atoms with Crippen molar-refractivity contribution < 1.29 is 4.79 Å². The molecule has 1 aromatic carbocycles. The molecule has 2 heteroatoms. The van der Waals surface area contributed by atoms with Gasteiger partial charge in [0.05, 0.1) is 0 Å². The third-order valence-corrected chi connectivity index (χ3v) is 5.60. The van der Waals surface area contributed by atoms with Crippen molar-refractivity contribution in [1.82, 2.24) is 4.90 Å². The van der Waals surface area contributed by atoms with Crippen LogP contribution in [0.1, 0.15) is 32.3 Å². The highest BCUT2D eigenvalue weighted by Gasteiger charge is 2.52. The molecule has 0 radical (unpaired) electrons. The lowest BCUT2D eigenvalue weighted by molar-refractivity contribution is -0.128. The highest BCUT2D eigenvalue weighted by molar-refractivity contribution is 5.89. The van der Waals surface area contributed by atoms with E-state index in [2.05, 4.69) is 62.7 Å². The molecule has 1 aliphatic carbocycles. The van der Waals surface area contributed by atoms with Gasteiger partial charge >= 0.3 is 0 Å². The maximum atomic E-state index is 12.5. The van der Waals surface area contributed by atoms with Crippen molar-refractivity contribution in [3.8, 4) is 0 Å². The Kier molecular flexibility index (Phi) is 3.51. The monoisotopic (exact) mass is 295 g/mol. The number of hydrogen-bond acceptors (Lipinski definition) is 2. The zero-order valence-electron chi connectivity index (χ0n) is 13.9. The number of rotatable bonds is 2. The molecule has 1 fully saturated rings. The van der Waals surface area contributed by atoms with Gasteiger partial charge in [-0.3, -0.25) is 4.79 Å². The van der Waals surface area contributed by atoms with Crippen LogP contribution in [0.4, 0.5) is 0 Å². The number of Topliss-reactive ketones (excluding diaryl/α,β-unsaturated/α-hetero) is 1. The summed E-state index contributed by atoms with van der Waals surface area (Å²) in [4.78, 5) is 14.7. The summed E-state index contributed by atoms with van der Waals surface area (Å²) in [5, 5.41) is 0. The first-order chi connectivity index (χ1) is 10.4. The van der Waals surface area contributed by atoms with Crippen LogP contribution in [0.3, 0.4) is 0 Å². The van der Waals surface area contributed by atoms with E-state index in [1.165, 1.54) is 11.1 Å². The molecule has 0 N–H and O–H groups in total. The second kappa shape index (κ2) is 5.12. The Labute approximate surface area is 133 Å². The standard InChI is InChI=1S/C20H25NO/c1-15-20(14-16-8-6-5-7-9-16)12-10-18(22)19(2,3)17(20)11-13-21(15)4/h5-9,11H,1,10,12-14H2,2-4H3. The van der Waals surface area contributed by atoms with Crippen LogP contribution in [0.2, 0.25) is 0 Å². The Hall–Kier alpha value is -1.83. The molecule has 1 unspecified atom stereocenters. The van der Waals surface area contributed by atoms with Gasteiger partial charge in [-0.25, -0.2) is 0 Å². The predicted molar refractivity (Wildman–Crippen MR) is 90.5 cm³/mol. The molecule has 1 aliphatic heterocycles. The normalized spacial score (nSPS) is 27.4. The lowest BCUT2D eigenvalue weighted by Crippen LogP contribution is -2.50. The van der Waals surface area contributed by atoms with Crippen LogP contribution in [0.5, 0.6) is 0 Å². The van der Waals surface area contributed by atoms with E-state index in [-0.39, 0.29) is 10.8 Å². The van der Waals surface area contributed by atoms with Crippen molar-refractivity contribution in [1.29, 1.82) is 0 Å². The van der Waals surface area contributed by atoms with Crippen LogP contribution >= 0.6 is 0 Å². The lowest BCUT2D eigenvalue weighted by Gasteiger charge is -2.52. The van der Waals surface area contributed by atoms with Gasteiger partial charge in [0.15, 0.2) is 0 Å². The summed E-state index contributed by atoms with van der Waals surface area (Å²) < 4.78 is 0. The molecule has 1 heterocycles. The molecule has 1 aromatic rings. The summed E-state index contributed by atoms with van der Waals surface area (Å²) in [6, 6.07) is 10.6. The fourth-order valence-corrected chi connectivity index (χ4v) is 4.21. The van der Waals surface area contributed by atoms with Crippen LogP contribution in [-0.4, -0.2) is 24.3 Å². The van der Waals surface area contributed by atoms with Crippen molar-refractivity contribution in [3.63, 3.8) is 0 Å². The van der Waals surface area contributed by atoms with E-state index in [1.54, 1.807) is 0 Å². The summed E-state index contributed by atoms with van der Waals surface area (Å²) in [5.41, 5.74) is 3.27. The average Bonchev–Trinajstić information content (AvgIpc) is 2.49. The lowest BCUT2D eigenvalue weighted by atomic mass is 9.55. The fourth-order valence-electron chi connectivity index (χ4n) is 4.21. The fraction of sp³-hybridized carbons (Fsp3) is 0.450.